The fraction of sp³-hybridized carbons (Fsp3) is 0.889. The predicted molar refractivity (Wildman–Crippen MR) is 60.7 cm³/mol. The molecule has 0 aromatic rings. The third kappa shape index (κ3) is 9.69. The highest BCUT2D eigenvalue weighted by Gasteiger charge is 2.20. The number of amides is 1. The molecular weight excluding hydrogens is 196 g/mol. The van der Waals surface area contributed by atoms with Gasteiger partial charge in [0.15, 0.2) is 8.32 Å². The first-order valence-corrected chi connectivity index (χ1v) is 8.19. The molecule has 5 heteroatoms. The molecule has 14 heavy (non-hydrogen) atoms. The van der Waals surface area contributed by atoms with E-state index in [-0.39, 0.29) is 12.0 Å². The van der Waals surface area contributed by atoms with Crippen molar-refractivity contribution < 1.29 is 9.59 Å². The van der Waals surface area contributed by atoms with Gasteiger partial charge in [-0.2, -0.15) is 0 Å². The lowest BCUT2D eigenvalue weighted by atomic mass is 10.4. The van der Waals surface area contributed by atoms with Gasteiger partial charge in [-0.15, -0.1) is 0 Å². The summed E-state index contributed by atoms with van der Waals surface area (Å²) in [5.74, 6) is -0.0466. The van der Waals surface area contributed by atoms with Crippen LogP contribution in [0.5, 0.6) is 0 Å². The molecule has 1 amide bonds. The lowest BCUT2D eigenvalue weighted by Gasteiger charge is -2.14. The Labute approximate surface area is 87.2 Å². The minimum absolute atomic E-state index is 0.0466. The summed E-state index contributed by atoms with van der Waals surface area (Å²) in [7, 11) is -2.23. The number of hydrogen-bond acceptors (Lipinski definition) is 3. The van der Waals surface area contributed by atoms with Crippen LogP contribution in [-0.2, 0) is 4.79 Å². The Morgan fingerprint density at radius 2 is 1.93 bits per heavy atom. The van der Waals surface area contributed by atoms with Gasteiger partial charge < -0.3 is 15.4 Å². The van der Waals surface area contributed by atoms with E-state index in [0.29, 0.717) is 12.6 Å². The van der Waals surface area contributed by atoms with E-state index < -0.39 is 8.32 Å². The van der Waals surface area contributed by atoms with Crippen LogP contribution in [0.15, 0.2) is 0 Å². The van der Waals surface area contributed by atoms with E-state index in [1.807, 2.05) is 0 Å². The first-order valence-electron chi connectivity index (χ1n) is 5.04. The maximum absolute atomic E-state index is 11.2. The normalized spacial score (nSPS) is 11.9. The predicted octanol–water partition coefficient (Wildman–Crippen LogP) is 0.298. The van der Waals surface area contributed by atoms with Crippen molar-refractivity contribution in [2.45, 2.75) is 39.0 Å². The minimum atomic E-state index is -2.23. The first-order chi connectivity index (χ1) is 6.31. The lowest BCUT2D eigenvalue weighted by Crippen LogP contribution is -2.38. The second-order valence-corrected chi connectivity index (χ2v) is 8.43. The fourth-order valence-electron chi connectivity index (χ4n) is 1.02. The van der Waals surface area contributed by atoms with Crippen molar-refractivity contribution >= 4 is 14.2 Å². The van der Waals surface area contributed by atoms with E-state index in [1.54, 1.807) is 13.1 Å². The standard InChI is InChI=1S/C9H22N2O2Si/c1-8(2)10-5-6-11-9(12)7-14(3,4)13/h8,10,13H,5-7H2,1-4H3,(H,11,12). The quantitative estimate of drug-likeness (QED) is 0.444. The van der Waals surface area contributed by atoms with E-state index in [0.717, 1.165) is 6.54 Å². The Kier molecular flexibility index (Phi) is 5.99. The second-order valence-electron chi connectivity index (χ2n) is 4.45. The van der Waals surface area contributed by atoms with Gasteiger partial charge in [0.05, 0.1) is 0 Å². The zero-order valence-corrected chi connectivity index (χ0v) is 10.6. The van der Waals surface area contributed by atoms with Gasteiger partial charge in [0.1, 0.15) is 0 Å². The van der Waals surface area contributed by atoms with Crippen molar-refractivity contribution in [2.75, 3.05) is 13.1 Å². The molecule has 0 spiro atoms. The van der Waals surface area contributed by atoms with Crippen molar-refractivity contribution in [3.05, 3.63) is 0 Å². The van der Waals surface area contributed by atoms with Gasteiger partial charge in [-0.3, -0.25) is 4.79 Å². The molecule has 0 bridgehead atoms. The maximum Gasteiger partial charge on any atom is 0.219 e. The highest BCUT2D eigenvalue weighted by molar-refractivity contribution is 6.72. The Balaban J connectivity index is 3.46. The largest absolute Gasteiger partial charge is 0.432 e. The van der Waals surface area contributed by atoms with Gasteiger partial charge in [0, 0.05) is 25.2 Å². The van der Waals surface area contributed by atoms with Crippen LogP contribution in [0, 0.1) is 0 Å². The molecule has 0 saturated carbocycles. The molecular formula is C9H22N2O2Si. The topological polar surface area (TPSA) is 61.4 Å². The van der Waals surface area contributed by atoms with Crippen molar-refractivity contribution in [1.29, 1.82) is 0 Å². The van der Waals surface area contributed by atoms with Gasteiger partial charge >= 0.3 is 0 Å². The fourth-order valence-corrected chi connectivity index (χ4v) is 1.93. The van der Waals surface area contributed by atoms with E-state index in [9.17, 15) is 9.59 Å². The highest BCUT2D eigenvalue weighted by atomic mass is 28.4. The second kappa shape index (κ2) is 6.16. The summed E-state index contributed by atoms with van der Waals surface area (Å²) in [4.78, 5) is 20.7. The Morgan fingerprint density at radius 1 is 1.36 bits per heavy atom. The molecule has 0 radical (unpaired) electrons. The number of carbonyl (C=O) groups is 1. The van der Waals surface area contributed by atoms with Crippen LogP contribution in [0.4, 0.5) is 0 Å². The Bertz CT molecular complexity index is 178. The molecule has 84 valence electrons. The van der Waals surface area contributed by atoms with Gasteiger partial charge in [0.2, 0.25) is 5.91 Å². The van der Waals surface area contributed by atoms with Crippen molar-refractivity contribution in [3.63, 3.8) is 0 Å². The summed E-state index contributed by atoms with van der Waals surface area (Å²) in [5.41, 5.74) is 0. The number of nitrogens with one attached hydrogen (secondary N) is 2. The zero-order chi connectivity index (χ0) is 11.2. The molecule has 0 aliphatic carbocycles. The zero-order valence-electron chi connectivity index (χ0n) is 9.55. The van der Waals surface area contributed by atoms with Crippen LogP contribution in [0.25, 0.3) is 0 Å². The molecule has 0 heterocycles. The average Bonchev–Trinajstić information content (AvgIpc) is 1.94. The van der Waals surface area contributed by atoms with Gasteiger partial charge in [-0.25, -0.2) is 0 Å². The summed E-state index contributed by atoms with van der Waals surface area (Å²) in [6.45, 7) is 9.05. The number of carbonyl (C=O) groups excluding carboxylic acids is 1. The molecule has 0 fully saturated rings. The van der Waals surface area contributed by atoms with Crippen molar-refractivity contribution in [1.82, 2.24) is 10.6 Å². The average molecular weight is 218 g/mol. The molecule has 3 N–H and O–H groups in total. The van der Waals surface area contributed by atoms with E-state index >= 15 is 0 Å². The molecule has 0 aliphatic rings. The molecule has 0 aromatic carbocycles. The SMILES string of the molecule is CC(C)NCCNC(=O)C[Si](C)(C)O. The molecule has 4 nitrogen and oxygen atoms in total. The van der Waals surface area contributed by atoms with Gasteiger partial charge in [-0.05, 0) is 13.1 Å². The summed E-state index contributed by atoms with van der Waals surface area (Å²) in [6.07, 6.45) is 0. The van der Waals surface area contributed by atoms with Crippen LogP contribution in [0.3, 0.4) is 0 Å². The lowest BCUT2D eigenvalue weighted by molar-refractivity contribution is -0.119. The van der Waals surface area contributed by atoms with Gasteiger partial charge in [0.25, 0.3) is 0 Å². The number of rotatable bonds is 6. The summed E-state index contributed by atoms with van der Waals surface area (Å²) in [5, 5.41) is 5.97. The van der Waals surface area contributed by atoms with Gasteiger partial charge in [-0.1, -0.05) is 13.8 Å². The van der Waals surface area contributed by atoms with E-state index in [4.69, 9.17) is 0 Å². The third-order valence-electron chi connectivity index (χ3n) is 1.59. The van der Waals surface area contributed by atoms with Crippen LogP contribution in [0.1, 0.15) is 13.8 Å². The number of hydrogen-bond donors (Lipinski definition) is 3. The van der Waals surface area contributed by atoms with E-state index in [2.05, 4.69) is 24.5 Å². The Hall–Kier alpha value is -0.393. The first kappa shape index (κ1) is 13.6. The van der Waals surface area contributed by atoms with E-state index in [1.165, 1.54) is 0 Å². The molecule has 0 saturated heterocycles. The van der Waals surface area contributed by atoms with Crippen LogP contribution >= 0.6 is 0 Å². The molecule has 0 rings (SSSR count). The molecule has 0 unspecified atom stereocenters. The van der Waals surface area contributed by atoms with Crippen molar-refractivity contribution in [2.24, 2.45) is 0 Å². The maximum atomic E-state index is 11.2. The summed E-state index contributed by atoms with van der Waals surface area (Å²) in [6, 6.07) is 0.727. The van der Waals surface area contributed by atoms with Crippen molar-refractivity contribution in [3.8, 4) is 0 Å². The Morgan fingerprint density at radius 3 is 2.36 bits per heavy atom. The monoisotopic (exact) mass is 218 g/mol. The van der Waals surface area contributed by atoms with Crippen LogP contribution < -0.4 is 10.6 Å². The van der Waals surface area contributed by atoms with Crippen LogP contribution in [-0.4, -0.2) is 38.2 Å². The smallest absolute Gasteiger partial charge is 0.219 e. The van der Waals surface area contributed by atoms with Crippen LogP contribution in [0.2, 0.25) is 19.1 Å². The molecule has 0 aromatic heterocycles. The minimum Gasteiger partial charge on any atom is -0.432 e. The molecule has 0 aliphatic heterocycles. The highest BCUT2D eigenvalue weighted by Crippen LogP contribution is 2.02. The molecule has 0 atom stereocenters. The third-order valence-corrected chi connectivity index (χ3v) is 2.78. The summed E-state index contributed by atoms with van der Waals surface area (Å²) >= 11 is 0. The summed E-state index contributed by atoms with van der Waals surface area (Å²) < 4.78 is 0.